The van der Waals surface area contributed by atoms with Crippen LogP contribution in [-0.4, -0.2) is 20.8 Å². The van der Waals surface area contributed by atoms with E-state index < -0.39 is 0 Å². The second-order valence-electron chi connectivity index (χ2n) is 6.34. The van der Waals surface area contributed by atoms with E-state index >= 15 is 0 Å². The maximum absolute atomic E-state index is 5.63. The highest BCUT2D eigenvalue weighted by molar-refractivity contribution is 5.48. The van der Waals surface area contributed by atoms with Crippen LogP contribution in [0.15, 0.2) is 18.2 Å². The molecule has 21 heavy (non-hydrogen) atoms. The molecule has 2 fully saturated rings. The maximum Gasteiger partial charge on any atom is 0.127 e. The summed E-state index contributed by atoms with van der Waals surface area (Å²) < 4.78 is 11.3. The van der Waals surface area contributed by atoms with Crippen molar-refractivity contribution in [2.24, 2.45) is 17.8 Å². The molecule has 2 saturated carbocycles. The molecule has 1 N–H and O–H groups in total. The predicted octanol–water partition coefficient (Wildman–Crippen LogP) is 3.79. The van der Waals surface area contributed by atoms with Crippen molar-refractivity contribution in [1.29, 1.82) is 0 Å². The number of fused-ring (bicyclic) bond motifs is 1. The topological polar surface area (TPSA) is 30.5 Å². The zero-order chi connectivity index (χ0) is 14.8. The summed E-state index contributed by atoms with van der Waals surface area (Å²) in [5, 5.41) is 3.77. The van der Waals surface area contributed by atoms with Gasteiger partial charge in [-0.05, 0) is 55.7 Å². The van der Waals surface area contributed by atoms with Gasteiger partial charge >= 0.3 is 0 Å². The molecule has 0 spiro atoms. The zero-order valence-electron chi connectivity index (χ0n) is 13.4. The minimum atomic E-state index is 0.367. The molecule has 0 saturated heterocycles. The highest BCUT2D eigenvalue weighted by atomic mass is 16.5. The first-order chi connectivity index (χ1) is 10.3. The molecule has 3 unspecified atom stereocenters. The van der Waals surface area contributed by atoms with Crippen molar-refractivity contribution in [1.82, 2.24) is 5.32 Å². The third kappa shape index (κ3) is 2.64. The molecule has 0 amide bonds. The minimum absolute atomic E-state index is 0.367. The van der Waals surface area contributed by atoms with Gasteiger partial charge in [0.25, 0.3) is 0 Å². The van der Waals surface area contributed by atoms with Crippen LogP contribution in [0.1, 0.15) is 44.2 Å². The first-order valence-corrected chi connectivity index (χ1v) is 8.26. The van der Waals surface area contributed by atoms with Gasteiger partial charge in [-0.25, -0.2) is 0 Å². The van der Waals surface area contributed by atoms with Gasteiger partial charge in [0.15, 0.2) is 0 Å². The van der Waals surface area contributed by atoms with E-state index in [1.165, 1.54) is 24.8 Å². The van der Waals surface area contributed by atoms with E-state index in [9.17, 15) is 0 Å². The third-order valence-electron chi connectivity index (χ3n) is 5.25. The lowest BCUT2D eigenvalue weighted by atomic mass is 9.95. The van der Waals surface area contributed by atoms with Crippen LogP contribution in [0.3, 0.4) is 0 Å². The Bertz CT molecular complexity index is 456. The highest BCUT2D eigenvalue weighted by Crippen LogP contribution is 2.63. The van der Waals surface area contributed by atoms with Crippen LogP contribution in [0.25, 0.3) is 0 Å². The second kappa shape index (κ2) is 6.27. The number of ether oxygens (including phenoxy) is 2. The lowest BCUT2D eigenvalue weighted by molar-refractivity contribution is 0.348. The molecule has 1 aromatic rings. The fourth-order valence-electron chi connectivity index (χ4n) is 4.29. The summed E-state index contributed by atoms with van der Waals surface area (Å²) in [6.45, 7) is 3.26. The predicted molar refractivity (Wildman–Crippen MR) is 84.9 cm³/mol. The molecule has 3 nitrogen and oxygen atoms in total. The Labute approximate surface area is 128 Å². The minimum Gasteiger partial charge on any atom is -0.496 e. The van der Waals surface area contributed by atoms with Gasteiger partial charge in [-0.15, -0.1) is 0 Å². The Hall–Kier alpha value is -1.22. The highest BCUT2D eigenvalue weighted by Gasteiger charge is 2.56. The van der Waals surface area contributed by atoms with Gasteiger partial charge in [-0.1, -0.05) is 19.4 Å². The van der Waals surface area contributed by atoms with Crippen molar-refractivity contribution < 1.29 is 9.47 Å². The Balaban J connectivity index is 1.92. The Morgan fingerprint density at radius 2 is 1.76 bits per heavy atom. The fourth-order valence-corrected chi connectivity index (χ4v) is 4.29. The van der Waals surface area contributed by atoms with Crippen LogP contribution in [0.4, 0.5) is 0 Å². The molecule has 0 heterocycles. The van der Waals surface area contributed by atoms with E-state index in [0.29, 0.717) is 6.04 Å². The summed E-state index contributed by atoms with van der Waals surface area (Å²) in [5.74, 6) is 4.49. The van der Waals surface area contributed by atoms with Crippen molar-refractivity contribution in [3.8, 4) is 11.5 Å². The third-order valence-corrected chi connectivity index (χ3v) is 5.25. The van der Waals surface area contributed by atoms with Crippen LogP contribution in [-0.2, 0) is 0 Å². The normalized spacial score (nSPS) is 28.0. The summed E-state index contributed by atoms with van der Waals surface area (Å²) in [6, 6.07) is 6.48. The zero-order valence-corrected chi connectivity index (χ0v) is 13.4. The van der Waals surface area contributed by atoms with Crippen molar-refractivity contribution in [2.75, 3.05) is 20.8 Å². The average molecular weight is 289 g/mol. The molecule has 3 rings (SSSR count). The lowest BCUT2D eigenvalue weighted by Crippen LogP contribution is -2.26. The number of benzene rings is 1. The molecule has 3 heteroatoms. The maximum atomic E-state index is 5.63. The Kier molecular flexibility index (Phi) is 4.39. The molecule has 3 atom stereocenters. The van der Waals surface area contributed by atoms with E-state index in [1.807, 2.05) is 6.07 Å². The van der Waals surface area contributed by atoms with E-state index in [0.717, 1.165) is 42.2 Å². The van der Waals surface area contributed by atoms with Gasteiger partial charge in [0.2, 0.25) is 0 Å². The first-order valence-electron chi connectivity index (χ1n) is 8.26. The van der Waals surface area contributed by atoms with Crippen LogP contribution < -0.4 is 14.8 Å². The monoisotopic (exact) mass is 289 g/mol. The van der Waals surface area contributed by atoms with E-state index in [4.69, 9.17) is 9.47 Å². The molecule has 2 aliphatic carbocycles. The Morgan fingerprint density at radius 3 is 2.29 bits per heavy atom. The van der Waals surface area contributed by atoms with Crippen LogP contribution in [0.2, 0.25) is 0 Å². The smallest absolute Gasteiger partial charge is 0.127 e. The van der Waals surface area contributed by atoms with Gasteiger partial charge in [0.05, 0.1) is 19.8 Å². The molecule has 0 radical (unpaired) electrons. The molecule has 2 aliphatic rings. The van der Waals surface area contributed by atoms with Gasteiger partial charge in [-0.2, -0.15) is 0 Å². The van der Waals surface area contributed by atoms with Gasteiger partial charge in [0.1, 0.15) is 11.5 Å². The summed E-state index contributed by atoms with van der Waals surface area (Å²) in [6.07, 6.45) is 5.36. The molecule has 1 aromatic carbocycles. The number of rotatable bonds is 7. The number of hydrogen-bond acceptors (Lipinski definition) is 3. The standard InChI is InChI=1S/C18H27NO2/c1-4-11-19-18(16-12-7-5-8-13(12)16)17-14(20-2)9-6-10-15(17)21-3/h6,9-10,12-13,16,18-19H,4-5,7-8,11H2,1-3H3. The van der Waals surface area contributed by atoms with Crippen molar-refractivity contribution >= 4 is 0 Å². The van der Waals surface area contributed by atoms with Crippen LogP contribution >= 0.6 is 0 Å². The largest absolute Gasteiger partial charge is 0.496 e. The van der Waals surface area contributed by atoms with E-state index in [2.05, 4.69) is 24.4 Å². The van der Waals surface area contributed by atoms with Gasteiger partial charge < -0.3 is 14.8 Å². The average Bonchev–Trinajstić information content (AvgIpc) is 2.98. The molecular weight excluding hydrogens is 262 g/mol. The summed E-state index contributed by atoms with van der Waals surface area (Å²) in [7, 11) is 3.51. The van der Waals surface area contributed by atoms with Crippen LogP contribution in [0.5, 0.6) is 11.5 Å². The molecule has 0 bridgehead atoms. The summed E-state index contributed by atoms with van der Waals surface area (Å²) >= 11 is 0. The number of nitrogens with one attached hydrogen (secondary N) is 1. The molecular formula is C18H27NO2. The second-order valence-corrected chi connectivity index (χ2v) is 6.34. The van der Waals surface area contributed by atoms with Crippen molar-refractivity contribution in [3.63, 3.8) is 0 Å². The van der Waals surface area contributed by atoms with Gasteiger partial charge in [-0.3, -0.25) is 0 Å². The molecule has 0 aromatic heterocycles. The lowest BCUT2D eigenvalue weighted by Gasteiger charge is -2.25. The van der Waals surface area contributed by atoms with Crippen LogP contribution in [0, 0.1) is 17.8 Å². The van der Waals surface area contributed by atoms with E-state index in [1.54, 1.807) is 14.2 Å². The van der Waals surface area contributed by atoms with Gasteiger partial charge in [0, 0.05) is 6.04 Å². The number of hydrogen-bond donors (Lipinski definition) is 1. The fraction of sp³-hybridized carbons (Fsp3) is 0.667. The van der Waals surface area contributed by atoms with Crippen molar-refractivity contribution in [2.45, 2.75) is 38.6 Å². The summed E-state index contributed by atoms with van der Waals surface area (Å²) in [4.78, 5) is 0. The van der Waals surface area contributed by atoms with Crippen molar-refractivity contribution in [3.05, 3.63) is 23.8 Å². The first kappa shape index (κ1) is 14.7. The molecule has 116 valence electrons. The number of methoxy groups -OCH3 is 2. The SMILES string of the molecule is CCCNC(c1c(OC)cccc1OC)C1C2CCCC21. The molecule has 0 aliphatic heterocycles. The summed E-state index contributed by atoms with van der Waals surface area (Å²) in [5.41, 5.74) is 1.22. The Morgan fingerprint density at radius 1 is 1.14 bits per heavy atom. The van der Waals surface area contributed by atoms with E-state index in [-0.39, 0.29) is 0 Å². The quantitative estimate of drug-likeness (QED) is 0.828.